The Bertz CT molecular complexity index is 258. The number of hydrogen-bond acceptors (Lipinski definition) is 3. The Kier molecular flexibility index (Phi) is 4.43. The fourth-order valence-corrected chi connectivity index (χ4v) is 1.14. The van der Waals surface area contributed by atoms with Crippen LogP contribution in [0.25, 0.3) is 0 Å². The first-order valence-corrected chi connectivity index (χ1v) is 4.82. The molecule has 0 saturated carbocycles. The summed E-state index contributed by atoms with van der Waals surface area (Å²) in [5.41, 5.74) is 1.13. The van der Waals surface area contributed by atoms with E-state index in [1.165, 1.54) is 0 Å². The highest BCUT2D eigenvalue weighted by atomic mass is 16.3. The molecule has 0 spiro atoms. The zero-order valence-corrected chi connectivity index (χ0v) is 8.40. The van der Waals surface area contributed by atoms with Crippen LogP contribution in [0.5, 0.6) is 5.75 Å². The molecule has 0 aliphatic rings. The predicted octanol–water partition coefficient (Wildman–Crippen LogP) is 1.11. The minimum absolute atomic E-state index is 0.211. The lowest BCUT2D eigenvalue weighted by Gasteiger charge is -2.09. The fraction of sp³-hybridized carbons (Fsp3) is 0.455. The van der Waals surface area contributed by atoms with Crippen molar-refractivity contribution in [3.8, 4) is 5.75 Å². The van der Waals surface area contributed by atoms with Crippen LogP contribution in [0.3, 0.4) is 0 Å². The summed E-state index contributed by atoms with van der Waals surface area (Å²) in [6.45, 7) is 3.77. The lowest BCUT2D eigenvalue weighted by Crippen LogP contribution is -2.22. The molecule has 0 aromatic heterocycles. The van der Waals surface area contributed by atoms with Crippen LogP contribution in [0.1, 0.15) is 12.5 Å². The molecule has 0 bridgehead atoms. The van der Waals surface area contributed by atoms with Crippen LogP contribution >= 0.6 is 0 Å². The summed E-state index contributed by atoms with van der Waals surface area (Å²) in [5, 5.41) is 21.1. The molecule has 1 rings (SSSR count). The Hall–Kier alpha value is -1.06. The van der Waals surface area contributed by atoms with Crippen molar-refractivity contribution in [3.63, 3.8) is 0 Å². The number of aromatic hydroxyl groups is 1. The van der Waals surface area contributed by atoms with E-state index in [9.17, 15) is 0 Å². The largest absolute Gasteiger partial charge is 0.508 e. The Morgan fingerprint density at radius 1 is 1.29 bits per heavy atom. The van der Waals surface area contributed by atoms with Crippen LogP contribution in [-0.4, -0.2) is 23.4 Å². The van der Waals surface area contributed by atoms with Gasteiger partial charge in [0, 0.05) is 19.7 Å². The molecular weight excluding hydrogens is 178 g/mol. The second kappa shape index (κ2) is 5.62. The maximum atomic E-state index is 9.05. The number of hydrogen-bond donors (Lipinski definition) is 3. The summed E-state index contributed by atoms with van der Waals surface area (Å²) in [5.74, 6) is 0.574. The molecule has 78 valence electrons. The van der Waals surface area contributed by atoms with Crippen molar-refractivity contribution >= 4 is 0 Å². The minimum atomic E-state index is 0.211. The van der Waals surface area contributed by atoms with Gasteiger partial charge in [0.25, 0.3) is 0 Å². The van der Waals surface area contributed by atoms with Crippen molar-refractivity contribution in [2.24, 2.45) is 5.92 Å². The van der Waals surface area contributed by atoms with E-state index in [-0.39, 0.29) is 18.3 Å². The lowest BCUT2D eigenvalue weighted by molar-refractivity contribution is 0.233. The van der Waals surface area contributed by atoms with Gasteiger partial charge in [0.2, 0.25) is 0 Å². The van der Waals surface area contributed by atoms with Crippen LogP contribution in [-0.2, 0) is 6.54 Å². The van der Waals surface area contributed by atoms with Crippen molar-refractivity contribution in [1.82, 2.24) is 5.32 Å². The Labute approximate surface area is 84.4 Å². The molecule has 14 heavy (non-hydrogen) atoms. The number of phenolic OH excluding ortho intramolecular Hbond substituents is 1. The monoisotopic (exact) mass is 195 g/mol. The first kappa shape index (κ1) is 11.0. The highest BCUT2D eigenvalue weighted by Crippen LogP contribution is 2.09. The van der Waals surface area contributed by atoms with Gasteiger partial charge in [-0.2, -0.15) is 0 Å². The molecule has 0 saturated heterocycles. The molecule has 3 nitrogen and oxygen atoms in total. The Balaban J connectivity index is 2.28. The highest BCUT2D eigenvalue weighted by Gasteiger charge is 1.98. The first-order valence-electron chi connectivity index (χ1n) is 4.82. The Morgan fingerprint density at radius 3 is 2.50 bits per heavy atom. The topological polar surface area (TPSA) is 52.5 Å². The highest BCUT2D eigenvalue weighted by molar-refractivity contribution is 5.25. The SMILES string of the molecule is CC(CO)CNCc1ccc(O)cc1. The van der Waals surface area contributed by atoms with Crippen molar-refractivity contribution in [2.45, 2.75) is 13.5 Å². The quantitative estimate of drug-likeness (QED) is 0.659. The zero-order chi connectivity index (χ0) is 10.4. The van der Waals surface area contributed by atoms with Gasteiger partial charge in [-0.25, -0.2) is 0 Å². The molecular formula is C11H17NO2. The second-order valence-electron chi connectivity index (χ2n) is 3.59. The van der Waals surface area contributed by atoms with E-state index >= 15 is 0 Å². The van der Waals surface area contributed by atoms with Crippen molar-refractivity contribution in [1.29, 1.82) is 0 Å². The smallest absolute Gasteiger partial charge is 0.115 e. The van der Waals surface area contributed by atoms with Gasteiger partial charge in [-0.3, -0.25) is 0 Å². The number of benzene rings is 1. The van der Waals surface area contributed by atoms with E-state index in [4.69, 9.17) is 10.2 Å². The molecule has 0 radical (unpaired) electrons. The van der Waals surface area contributed by atoms with Gasteiger partial charge in [-0.05, 0) is 23.6 Å². The third-order valence-electron chi connectivity index (χ3n) is 2.07. The van der Waals surface area contributed by atoms with Crippen molar-refractivity contribution < 1.29 is 10.2 Å². The van der Waals surface area contributed by atoms with Crippen LogP contribution in [0.15, 0.2) is 24.3 Å². The van der Waals surface area contributed by atoms with Gasteiger partial charge < -0.3 is 15.5 Å². The number of aliphatic hydroxyl groups is 1. The molecule has 0 aliphatic heterocycles. The summed E-state index contributed by atoms with van der Waals surface area (Å²) in [7, 11) is 0. The van der Waals surface area contributed by atoms with E-state index in [0.29, 0.717) is 0 Å². The molecule has 3 N–H and O–H groups in total. The van der Waals surface area contributed by atoms with Gasteiger partial charge >= 0.3 is 0 Å². The summed E-state index contributed by atoms with van der Waals surface area (Å²) in [4.78, 5) is 0. The van der Waals surface area contributed by atoms with Crippen LogP contribution in [0, 0.1) is 5.92 Å². The van der Waals surface area contributed by atoms with Gasteiger partial charge in [-0.1, -0.05) is 19.1 Å². The van der Waals surface area contributed by atoms with Crippen molar-refractivity contribution in [2.75, 3.05) is 13.2 Å². The maximum Gasteiger partial charge on any atom is 0.115 e. The van der Waals surface area contributed by atoms with E-state index in [2.05, 4.69) is 5.32 Å². The molecule has 0 fully saturated rings. The maximum absolute atomic E-state index is 9.05. The number of rotatable bonds is 5. The number of phenols is 1. The lowest BCUT2D eigenvalue weighted by atomic mass is 10.2. The van der Waals surface area contributed by atoms with Gasteiger partial charge in [0.1, 0.15) is 5.75 Å². The minimum Gasteiger partial charge on any atom is -0.508 e. The molecule has 1 aromatic rings. The average molecular weight is 195 g/mol. The standard InChI is InChI=1S/C11H17NO2/c1-9(8-13)6-12-7-10-2-4-11(14)5-3-10/h2-5,9,12-14H,6-8H2,1H3. The third-order valence-corrected chi connectivity index (χ3v) is 2.07. The summed E-state index contributed by atoms with van der Waals surface area (Å²) in [6.07, 6.45) is 0. The van der Waals surface area contributed by atoms with Crippen LogP contribution < -0.4 is 5.32 Å². The van der Waals surface area contributed by atoms with Gasteiger partial charge in [0.15, 0.2) is 0 Å². The molecule has 1 unspecified atom stereocenters. The van der Waals surface area contributed by atoms with E-state index in [0.717, 1.165) is 18.7 Å². The summed E-state index contributed by atoms with van der Waals surface area (Å²) < 4.78 is 0. The van der Waals surface area contributed by atoms with E-state index in [1.807, 2.05) is 19.1 Å². The molecule has 3 heteroatoms. The fourth-order valence-electron chi connectivity index (χ4n) is 1.14. The first-order chi connectivity index (χ1) is 6.72. The molecule has 0 heterocycles. The summed E-state index contributed by atoms with van der Waals surface area (Å²) in [6, 6.07) is 7.11. The molecule has 0 amide bonds. The van der Waals surface area contributed by atoms with Crippen molar-refractivity contribution in [3.05, 3.63) is 29.8 Å². The van der Waals surface area contributed by atoms with Gasteiger partial charge in [0.05, 0.1) is 0 Å². The molecule has 0 aliphatic carbocycles. The second-order valence-corrected chi connectivity index (χ2v) is 3.59. The Morgan fingerprint density at radius 2 is 1.93 bits per heavy atom. The van der Waals surface area contributed by atoms with E-state index < -0.39 is 0 Å². The van der Waals surface area contributed by atoms with Crippen LogP contribution in [0.4, 0.5) is 0 Å². The third kappa shape index (κ3) is 3.77. The number of nitrogens with one attached hydrogen (secondary N) is 1. The average Bonchev–Trinajstić information content (AvgIpc) is 2.21. The van der Waals surface area contributed by atoms with Gasteiger partial charge in [-0.15, -0.1) is 0 Å². The molecule has 1 aromatic carbocycles. The summed E-state index contributed by atoms with van der Waals surface area (Å²) >= 11 is 0. The predicted molar refractivity (Wildman–Crippen MR) is 56.1 cm³/mol. The number of aliphatic hydroxyl groups excluding tert-OH is 1. The van der Waals surface area contributed by atoms with E-state index in [1.54, 1.807) is 12.1 Å². The van der Waals surface area contributed by atoms with Crippen LogP contribution in [0.2, 0.25) is 0 Å². The molecule has 1 atom stereocenters. The zero-order valence-electron chi connectivity index (χ0n) is 8.40. The normalized spacial score (nSPS) is 12.7.